The van der Waals surface area contributed by atoms with E-state index in [2.05, 4.69) is 15.6 Å². The Bertz CT molecular complexity index is 525. The summed E-state index contributed by atoms with van der Waals surface area (Å²) in [5.74, 6) is -0.870. The van der Waals surface area contributed by atoms with E-state index >= 15 is 0 Å². The van der Waals surface area contributed by atoms with Crippen LogP contribution in [-0.2, 0) is 4.79 Å². The van der Waals surface area contributed by atoms with Crippen molar-refractivity contribution in [1.29, 1.82) is 0 Å². The highest BCUT2D eigenvalue weighted by Gasteiger charge is 2.16. The monoisotopic (exact) mass is 246 g/mol. The Kier molecular flexibility index (Phi) is 3.57. The zero-order valence-electron chi connectivity index (χ0n) is 9.95. The number of anilines is 1. The van der Waals surface area contributed by atoms with Crippen molar-refractivity contribution in [2.45, 2.75) is 19.4 Å². The minimum absolute atomic E-state index is 0.501. The molecule has 0 bridgehead atoms. The van der Waals surface area contributed by atoms with E-state index in [9.17, 15) is 4.79 Å². The van der Waals surface area contributed by atoms with Gasteiger partial charge in [-0.05, 0) is 18.6 Å². The number of carboxylic acids is 1. The maximum absolute atomic E-state index is 11.0. The van der Waals surface area contributed by atoms with Gasteiger partial charge in [0, 0.05) is 0 Å². The van der Waals surface area contributed by atoms with Crippen LogP contribution in [0.5, 0.6) is 0 Å². The lowest BCUT2D eigenvalue weighted by molar-refractivity contribution is -0.137. The van der Waals surface area contributed by atoms with Crippen molar-refractivity contribution in [1.82, 2.24) is 15.0 Å². The standard InChI is InChI=1S/C12H14N4O2/c1-2-9(12(17)18)14-10-5-3-4-6-11(10)16-8-7-13-15-16/h3-9,14H,2H2,1H3,(H,17,18). The van der Waals surface area contributed by atoms with Crippen molar-refractivity contribution in [2.75, 3.05) is 5.32 Å². The number of nitrogens with one attached hydrogen (secondary N) is 1. The van der Waals surface area contributed by atoms with Gasteiger partial charge in [-0.2, -0.15) is 0 Å². The average Bonchev–Trinajstić information content (AvgIpc) is 2.89. The summed E-state index contributed by atoms with van der Waals surface area (Å²) >= 11 is 0. The summed E-state index contributed by atoms with van der Waals surface area (Å²) in [6.45, 7) is 1.82. The summed E-state index contributed by atoms with van der Waals surface area (Å²) in [4.78, 5) is 11.0. The molecule has 0 aliphatic carbocycles. The predicted molar refractivity (Wildman–Crippen MR) is 66.7 cm³/mol. The molecule has 0 saturated heterocycles. The van der Waals surface area contributed by atoms with Crippen molar-refractivity contribution in [2.24, 2.45) is 0 Å². The highest BCUT2D eigenvalue weighted by atomic mass is 16.4. The van der Waals surface area contributed by atoms with E-state index in [1.54, 1.807) is 17.1 Å². The third kappa shape index (κ3) is 2.48. The highest BCUT2D eigenvalue weighted by molar-refractivity contribution is 5.78. The van der Waals surface area contributed by atoms with Crippen LogP contribution in [0.25, 0.3) is 5.69 Å². The number of carboxylic acid groups (broad SMARTS) is 1. The number of hydrogen-bond acceptors (Lipinski definition) is 4. The van der Waals surface area contributed by atoms with Crippen LogP contribution >= 0.6 is 0 Å². The minimum atomic E-state index is -0.870. The number of hydrogen-bond donors (Lipinski definition) is 2. The molecule has 2 rings (SSSR count). The lowest BCUT2D eigenvalue weighted by Crippen LogP contribution is -2.28. The van der Waals surface area contributed by atoms with Crippen LogP contribution in [0.15, 0.2) is 36.7 Å². The number of benzene rings is 1. The molecule has 6 heteroatoms. The Labute approximate surface area is 104 Å². The molecule has 0 aliphatic heterocycles. The summed E-state index contributed by atoms with van der Waals surface area (Å²) in [5.41, 5.74) is 1.49. The lowest BCUT2D eigenvalue weighted by atomic mass is 10.2. The summed E-state index contributed by atoms with van der Waals surface area (Å²) in [7, 11) is 0. The van der Waals surface area contributed by atoms with Gasteiger partial charge in [0.2, 0.25) is 0 Å². The van der Waals surface area contributed by atoms with Gasteiger partial charge in [0.25, 0.3) is 0 Å². The number of aromatic nitrogens is 3. The van der Waals surface area contributed by atoms with Gasteiger partial charge < -0.3 is 10.4 Å². The molecule has 94 valence electrons. The normalized spacial score (nSPS) is 12.1. The first-order chi connectivity index (χ1) is 8.72. The Hall–Kier alpha value is -2.37. The van der Waals surface area contributed by atoms with Crippen molar-refractivity contribution >= 4 is 11.7 Å². The molecular formula is C12H14N4O2. The van der Waals surface area contributed by atoms with Crippen molar-refractivity contribution in [3.05, 3.63) is 36.7 Å². The first-order valence-corrected chi connectivity index (χ1v) is 5.67. The Morgan fingerprint density at radius 2 is 2.28 bits per heavy atom. The molecule has 6 nitrogen and oxygen atoms in total. The smallest absolute Gasteiger partial charge is 0.326 e. The van der Waals surface area contributed by atoms with Crippen molar-refractivity contribution in [3.63, 3.8) is 0 Å². The molecule has 0 aliphatic rings. The third-order valence-electron chi connectivity index (χ3n) is 2.61. The van der Waals surface area contributed by atoms with E-state index in [0.29, 0.717) is 6.42 Å². The van der Waals surface area contributed by atoms with Crippen LogP contribution in [0.3, 0.4) is 0 Å². The number of aliphatic carboxylic acids is 1. The molecule has 18 heavy (non-hydrogen) atoms. The topological polar surface area (TPSA) is 80.0 Å². The van der Waals surface area contributed by atoms with Gasteiger partial charge >= 0.3 is 5.97 Å². The summed E-state index contributed by atoms with van der Waals surface area (Å²) in [6, 6.07) is 6.77. The average molecular weight is 246 g/mol. The maximum Gasteiger partial charge on any atom is 0.326 e. The molecule has 0 spiro atoms. The molecule has 1 atom stereocenters. The zero-order chi connectivity index (χ0) is 13.0. The SMILES string of the molecule is CCC(Nc1ccccc1-n1ccnn1)C(=O)O. The molecule has 1 unspecified atom stereocenters. The summed E-state index contributed by atoms with van der Waals surface area (Å²) < 4.78 is 1.59. The fourth-order valence-corrected chi connectivity index (χ4v) is 1.66. The van der Waals surface area contributed by atoms with Crippen molar-refractivity contribution < 1.29 is 9.90 Å². The van der Waals surface area contributed by atoms with Crippen LogP contribution in [0.4, 0.5) is 5.69 Å². The molecule has 0 saturated carbocycles. The number of carbonyl (C=O) groups is 1. The molecule has 1 aromatic heterocycles. The second kappa shape index (κ2) is 5.31. The van der Waals surface area contributed by atoms with E-state index in [0.717, 1.165) is 11.4 Å². The van der Waals surface area contributed by atoms with E-state index < -0.39 is 12.0 Å². The molecule has 1 aromatic carbocycles. The second-order valence-electron chi connectivity index (χ2n) is 3.81. The largest absolute Gasteiger partial charge is 0.480 e. The van der Waals surface area contributed by atoms with Gasteiger partial charge in [-0.15, -0.1) is 5.10 Å². The van der Waals surface area contributed by atoms with Crippen LogP contribution in [0.2, 0.25) is 0 Å². The molecule has 0 radical (unpaired) electrons. The van der Waals surface area contributed by atoms with Crippen LogP contribution in [-0.4, -0.2) is 32.1 Å². The van der Waals surface area contributed by atoms with E-state index in [1.807, 2.05) is 31.2 Å². The third-order valence-corrected chi connectivity index (χ3v) is 2.61. The molecular weight excluding hydrogens is 232 g/mol. The van der Waals surface area contributed by atoms with Gasteiger partial charge in [0.15, 0.2) is 0 Å². The quantitative estimate of drug-likeness (QED) is 0.836. The van der Waals surface area contributed by atoms with Gasteiger partial charge in [-0.1, -0.05) is 24.3 Å². The van der Waals surface area contributed by atoms with Gasteiger partial charge in [0.05, 0.1) is 23.8 Å². The molecule has 2 aromatic rings. The number of nitrogens with zero attached hydrogens (tertiary/aromatic N) is 3. The first-order valence-electron chi connectivity index (χ1n) is 5.67. The summed E-state index contributed by atoms with van der Waals surface area (Å²) in [6.07, 6.45) is 3.79. The second-order valence-corrected chi connectivity index (χ2v) is 3.81. The van der Waals surface area contributed by atoms with E-state index in [4.69, 9.17) is 5.11 Å². The fourth-order valence-electron chi connectivity index (χ4n) is 1.66. The van der Waals surface area contributed by atoms with Crippen LogP contribution in [0.1, 0.15) is 13.3 Å². The fraction of sp³-hybridized carbons (Fsp3) is 0.250. The first kappa shape index (κ1) is 12.1. The molecule has 0 amide bonds. The summed E-state index contributed by atoms with van der Waals surface area (Å²) in [5, 5.41) is 19.7. The Morgan fingerprint density at radius 3 is 2.89 bits per heavy atom. The Morgan fingerprint density at radius 1 is 1.50 bits per heavy atom. The van der Waals surface area contributed by atoms with Gasteiger partial charge in [0.1, 0.15) is 6.04 Å². The lowest BCUT2D eigenvalue weighted by Gasteiger charge is -2.16. The Balaban J connectivity index is 2.31. The molecule has 1 heterocycles. The minimum Gasteiger partial charge on any atom is -0.480 e. The van der Waals surface area contributed by atoms with E-state index in [1.165, 1.54) is 0 Å². The van der Waals surface area contributed by atoms with Crippen LogP contribution < -0.4 is 5.32 Å². The van der Waals surface area contributed by atoms with E-state index in [-0.39, 0.29) is 0 Å². The maximum atomic E-state index is 11.0. The van der Waals surface area contributed by atoms with Gasteiger partial charge in [-0.3, -0.25) is 0 Å². The zero-order valence-corrected chi connectivity index (χ0v) is 9.95. The highest BCUT2D eigenvalue weighted by Crippen LogP contribution is 2.20. The molecule has 2 N–H and O–H groups in total. The van der Waals surface area contributed by atoms with Crippen LogP contribution in [0, 0.1) is 0 Å². The van der Waals surface area contributed by atoms with Gasteiger partial charge in [-0.25, -0.2) is 9.48 Å². The number of para-hydroxylation sites is 2. The number of rotatable bonds is 5. The van der Waals surface area contributed by atoms with Crippen molar-refractivity contribution in [3.8, 4) is 5.69 Å². The predicted octanol–water partition coefficient (Wildman–Crippen LogP) is 1.54. The molecule has 0 fully saturated rings.